The average molecular weight is 549 g/mol. The Morgan fingerprint density at radius 1 is 1.07 bits per heavy atom. The number of esters is 1. The first-order valence-electron chi connectivity index (χ1n) is 14.3. The number of carbonyl (C=O) groups excluding carboxylic acids is 3. The molecule has 2 aliphatic rings. The van der Waals surface area contributed by atoms with E-state index in [0.29, 0.717) is 49.4 Å². The van der Waals surface area contributed by atoms with Gasteiger partial charge in [-0.15, -0.1) is 0 Å². The highest BCUT2D eigenvalue weighted by molar-refractivity contribution is 6.00. The minimum atomic E-state index is -0.397. The second-order valence-corrected chi connectivity index (χ2v) is 10.3. The number of amides is 2. The van der Waals surface area contributed by atoms with E-state index in [2.05, 4.69) is 10.3 Å². The summed E-state index contributed by atoms with van der Waals surface area (Å²) in [7, 11) is 1.92. The van der Waals surface area contributed by atoms with Gasteiger partial charge in [0.2, 0.25) is 17.8 Å². The fourth-order valence-electron chi connectivity index (χ4n) is 5.16. The van der Waals surface area contributed by atoms with Crippen molar-refractivity contribution in [3.05, 3.63) is 59.7 Å². The summed E-state index contributed by atoms with van der Waals surface area (Å²) >= 11 is 0. The van der Waals surface area contributed by atoms with Gasteiger partial charge in [-0.2, -0.15) is 0 Å². The Kier molecular flexibility index (Phi) is 10.5. The average Bonchev–Trinajstić information content (AvgIpc) is 2.96. The molecule has 4 rings (SSSR count). The summed E-state index contributed by atoms with van der Waals surface area (Å²) in [6.45, 7) is 2.78. The molecular weight excluding hydrogens is 508 g/mol. The van der Waals surface area contributed by atoms with Crippen LogP contribution in [-0.2, 0) is 32.1 Å². The second-order valence-electron chi connectivity index (χ2n) is 10.3. The van der Waals surface area contributed by atoms with Crippen molar-refractivity contribution in [1.29, 1.82) is 0 Å². The highest BCUT2D eigenvalue weighted by atomic mass is 16.5. The summed E-state index contributed by atoms with van der Waals surface area (Å²) in [5.41, 5.74) is 2.46. The number of rotatable bonds is 11. The molecule has 1 saturated carbocycles. The maximum absolute atomic E-state index is 12.7. The highest BCUT2D eigenvalue weighted by Crippen LogP contribution is 2.30. The quantitative estimate of drug-likeness (QED) is 0.331. The van der Waals surface area contributed by atoms with E-state index in [0.717, 1.165) is 24.0 Å². The summed E-state index contributed by atoms with van der Waals surface area (Å²) in [6, 6.07) is 15.4. The maximum Gasteiger partial charge on any atom is 0.325 e. The predicted octanol–water partition coefficient (Wildman–Crippen LogP) is 4.36. The highest BCUT2D eigenvalue weighted by Gasteiger charge is 2.25. The molecule has 9 nitrogen and oxygen atoms in total. The number of hydrogen-bond donors (Lipinski definition) is 1. The molecule has 1 heterocycles. The van der Waals surface area contributed by atoms with Gasteiger partial charge in [-0.05, 0) is 49.9 Å². The van der Waals surface area contributed by atoms with Crippen molar-refractivity contribution in [2.45, 2.75) is 70.9 Å². The topological polar surface area (TPSA) is 101 Å². The van der Waals surface area contributed by atoms with Crippen molar-refractivity contribution in [2.24, 2.45) is 4.99 Å². The third-order valence-corrected chi connectivity index (χ3v) is 7.34. The van der Waals surface area contributed by atoms with Gasteiger partial charge in [0.05, 0.1) is 25.3 Å². The molecule has 0 saturated heterocycles. The summed E-state index contributed by atoms with van der Waals surface area (Å²) in [5.74, 6) is 0.550. The van der Waals surface area contributed by atoms with Crippen molar-refractivity contribution in [1.82, 2.24) is 15.1 Å². The standard InChI is InChI=1S/C31H40N4O5/c1-3-39-30(38)22-35-21-24-20-26(40-18-10-15-29(37)34(2)25-13-8-5-9-14-25)16-17-27(24)32-31(35)33-28(36)19-23-11-6-4-7-12-23/h4,6-7,11-12,16-17,20,25H,3,5,8-10,13-15,18-19,21-22H2,1-2H3,(H,32,33,36). The normalized spacial score (nSPS) is 15.1. The molecule has 1 aliphatic carbocycles. The van der Waals surface area contributed by atoms with E-state index < -0.39 is 5.97 Å². The monoisotopic (exact) mass is 548 g/mol. The van der Waals surface area contributed by atoms with Crippen LogP contribution in [-0.4, -0.2) is 66.4 Å². The molecular formula is C31H40N4O5. The van der Waals surface area contributed by atoms with Gasteiger partial charge in [0.1, 0.15) is 12.3 Å². The molecule has 2 aromatic carbocycles. The van der Waals surface area contributed by atoms with E-state index in [1.165, 1.54) is 19.3 Å². The number of fused-ring (bicyclic) bond motifs is 1. The molecule has 0 radical (unpaired) electrons. The zero-order valence-electron chi connectivity index (χ0n) is 23.6. The van der Waals surface area contributed by atoms with Crippen LogP contribution in [0.2, 0.25) is 0 Å². The lowest BCUT2D eigenvalue weighted by molar-refractivity contribution is -0.143. The molecule has 0 aromatic heterocycles. The van der Waals surface area contributed by atoms with Crippen LogP contribution >= 0.6 is 0 Å². The van der Waals surface area contributed by atoms with Crippen molar-refractivity contribution < 1.29 is 23.9 Å². The van der Waals surface area contributed by atoms with E-state index in [1.807, 2.05) is 60.5 Å². The number of ether oxygens (including phenoxy) is 2. The van der Waals surface area contributed by atoms with Crippen molar-refractivity contribution in [3.63, 3.8) is 0 Å². The molecule has 9 heteroatoms. The van der Waals surface area contributed by atoms with Gasteiger partial charge in [-0.3, -0.25) is 19.7 Å². The van der Waals surface area contributed by atoms with E-state index in [1.54, 1.807) is 11.8 Å². The van der Waals surface area contributed by atoms with Gasteiger partial charge < -0.3 is 19.3 Å². The number of benzene rings is 2. The van der Waals surface area contributed by atoms with Crippen LogP contribution < -0.4 is 10.1 Å². The van der Waals surface area contributed by atoms with Crippen molar-refractivity contribution in [3.8, 4) is 5.75 Å². The first kappa shape index (κ1) is 29.1. The number of hydrogen-bond acceptors (Lipinski definition) is 7. The first-order chi connectivity index (χ1) is 19.4. The molecule has 1 N–H and O–H groups in total. The molecule has 40 heavy (non-hydrogen) atoms. The maximum atomic E-state index is 12.7. The summed E-state index contributed by atoms with van der Waals surface area (Å²) in [6.07, 6.45) is 7.16. The number of nitrogens with one attached hydrogen (secondary N) is 1. The smallest absolute Gasteiger partial charge is 0.325 e. The molecule has 0 spiro atoms. The number of carbonyl (C=O) groups is 3. The molecule has 214 valence electrons. The SMILES string of the molecule is CCOC(=O)CN1Cc2cc(OCCCC(=O)N(C)C3CCCCC3)ccc2N=C1NC(=O)Cc1ccccc1. The Balaban J connectivity index is 1.35. The molecule has 1 fully saturated rings. The Labute approximate surface area is 236 Å². The summed E-state index contributed by atoms with van der Waals surface area (Å²) in [5, 5.41) is 2.87. The molecule has 0 unspecified atom stereocenters. The number of nitrogens with zero attached hydrogens (tertiary/aromatic N) is 3. The van der Waals surface area contributed by atoms with E-state index in [9.17, 15) is 14.4 Å². The van der Waals surface area contributed by atoms with Crippen LogP contribution in [0, 0.1) is 0 Å². The molecule has 2 aromatic rings. The minimum absolute atomic E-state index is 0.0422. The Bertz CT molecular complexity index is 1190. The van der Waals surface area contributed by atoms with Gasteiger partial charge in [0.15, 0.2) is 0 Å². The molecule has 0 atom stereocenters. The summed E-state index contributed by atoms with van der Waals surface area (Å²) in [4.78, 5) is 45.9. The van der Waals surface area contributed by atoms with Crippen LogP contribution in [0.15, 0.2) is 53.5 Å². The third-order valence-electron chi connectivity index (χ3n) is 7.34. The second kappa shape index (κ2) is 14.5. The van der Waals surface area contributed by atoms with Crippen LogP contribution in [0.3, 0.4) is 0 Å². The minimum Gasteiger partial charge on any atom is -0.494 e. The van der Waals surface area contributed by atoms with Crippen LogP contribution in [0.1, 0.15) is 63.0 Å². The third kappa shape index (κ3) is 8.31. The first-order valence-corrected chi connectivity index (χ1v) is 14.3. The van der Waals surface area contributed by atoms with E-state index in [4.69, 9.17) is 9.47 Å². The van der Waals surface area contributed by atoms with Crippen LogP contribution in [0.4, 0.5) is 5.69 Å². The van der Waals surface area contributed by atoms with E-state index in [-0.39, 0.29) is 31.4 Å². The lowest BCUT2D eigenvalue weighted by Crippen LogP contribution is -2.47. The Morgan fingerprint density at radius 3 is 2.60 bits per heavy atom. The predicted molar refractivity (Wildman–Crippen MR) is 153 cm³/mol. The lowest BCUT2D eigenvalue weighted by Gasteiger charge is -2.31. The Hall–Kier alpha value is -3.88. The van der Waals surface area contributed by atoms with Gasteiger partial charge in [-0.1, -0.05) is 49.6 Å². The fraction of sp³-hybridized carbons (Fsp3) is 0.484. The van der Waals surface area contributed by atoms with Gasteiger partial charge in [0, 0.05) is 31.6 Å². The summed E-state index contributed by atoms with van der Waals surface area (Å²) < 4.78 is 11.1. The number of aliphatic imine (C=N–C) groups is 1. The lowest BCUT2D eigenvalue weighted by atomic mass is 9.94. The zero-order valence-corrected chi connectivity index (χ0v) is 23.6. The largest absolute Gasteiger partial charge is 0.494 e. The molecule has 1 aliphatic heterocycles. The van der Waals surface area contributed by atoms with Gasteiger partial charge in [0.25, 0.3) is 0 Å². The number of guanidine groups is 1. The Morgan fingerprint density at radius 2 is 1.85 bits per heavy atom. The van der Waals surface area contributed by atoms with E-state index >= 15 is 0 Å². The van der Waals surface area contributed by atoms with Crippen LogP contribution in [0.5, 0.6) is 5.75 Å². The fourth-order valence-corrected chi connectivity index (χ4v) is 5.16. The molecule has 2 amide bonds. The van der Waals surface area contributed by atoms with Gasteiger partial charge >= 0.3 is 5.97 Å². The zero-order chi connectivity index (χ0) is 28.3. The molecule has 0 bridgehead atoms. The van der Waals surface area contributed by atoms with Gasteiger partial charge in [-0.25, -0.2) is 4.99 Å². The van der Waals surface area contributed by atoms with Crippen LogP contribution in [0.25, 0.3) is 0 Å². The van der Waals surface area contributed by atoms with Crippen molar-refractivity contribution in [2.75, 3.05) is 26.8 Å². The van der Waals surface area contributed by atoms with Crippen molar-refractivity contribution >= 4 is 29.4 Å².